The lowest BCUT2D eigenvalue weighted by Gasteiger charge is -2.18. The second-order valence-electron chi connectivity index (χ2n) is 6.47. The van der Waals surface area contributed by atoms with Crippen molar-refractivity contribution in [2.24, 2.45) is 0 Å². The molecule has 0 saturated carbocycles. The molecule has 0 atom stereocenters. The third-order valence-electron chi connectivity index (χ3n) is 3.57. The van der Waals surface area contributed by atoms with Gasteiger partial charge in [0, 0.05) is 12.7 Å². The second-order valence-corrected chi connectivity index (χ2v) is 8.46. The molecule has 0 amide bonds. The zero-order chi connectivity index (χ0) is 18.8. The van der Waals surface area contributed by atoms with E-state index in [9.17, 15) is 22.3 Å². The molecule has 1 N–H and O–H groups in total. The van der Waals surface area contributed by atoms with Gasteiger partial charge in [-0.25, -0.2) is 17.2 Å². The van der Waals surface area contributed by atoms with Gasteiger partial charge >= 0.3 is 0 Å². The van der Waals surface area contributed by atoms with Gasteiger partial charge in [-0.3, -0.25) is 0 Å². The van der Waals surface area contributed by atoms with Gasteiger partial charge in [0.1, 0.15) is 10.6 Å². The van der Waals surface area contributed by atoms with E-state index in [2.05, 4.69) is 0 Å². The number of hydrogen-bond acceptors (Lipinski definition) is 4. The Morgan fingerprint density at radius 2 is 1.64 bits per heavy atom. The highest BCUT2D eigenvalue weighted by Crippen LogP contribution is 2.31. The molecule has 0 saturated heterocycles. The van der Waals surface area contributed by atoms with E-state index in [0.29, 0.717) is 17.5 Å². The maximum atomic E-state index is 13.4. The minimum Gasteiger partial charge on any atom is -0.492 e. The Kier molecular flexibility index (Phi) is 5.49. The minimum atomic E-state index is -3.53. The average molecular weight is 370 g/mol. The fraction of sp³-hybridized carbons (Fsp3) is 0.333. The van der Waals surface area contributed by atoms with Crippen LogP contribution in [-0.2, 0) is 9.84 Å². The summed E-state index contributed by atoms with van der Waals surface area (Å²) in [6, 6.07) is 7.77. The van der Waals surface area contributed by atoms with Gasteiger partial charge in [-0.1, -0.05) is 12.1 Å². The lowest BCUT2D eigenvalue weighted by molar-refractivity contribution is 0.0549. The quantitative estimate of drug-likeness (QED) is 0.844. The minimum absolute atomic E-state index is 0.00502. The van der Waals surface area contributed by atoms with Crippen molar-refractivity contribution in [3.05, 3.63) is 48.0 Å². The van der Waals surface area contributed by atoms with E-state index in [1.54, 1.807) is 13.8 Å². The molecule has 0 aliphatic heterocycles. The Morgan fingerprint density at radius 3 is 2.20 bits per heavy atom. The monoisotopic (exact) mass is 370 g/mol. The molecule has 2 rings (SSSR count). The first kappa shape index (κ1) is 19.3. The lowest BCUT2D eigenvalue weighted by Crippen LogP contribution is -2.22. The van der Waals surface area contributed by atoms with Gasteiger partial charge in [0.05, 0.1) is 12.2 Å². The molecule has 0 aliphatic rings. The number of rotatable bonds is 6. The van der Waals surface area contributed by atoms with Crippen LogP contribution >= 0.6 is 0 Å². The first-order valence-corrected chi connectivity index (χ1v) is 9.51. The highest BCUT2D eigenvalue weighted by Gasteiger charge is 2.18. The van der Waals surface area contributed by atoms with Crippen LogP contribution in [0.15, 0.2) is 41.3 Å². The Morgan fingerprint density at radius 1 is 1.04 bits per heavy atom. The molecule has 2 aromatic rings. The topological polar surface area (TPSA) is 63.6 Å². The van der Waals surface area contributed by atoms with Crippen LogP contribution in [0.3, 0.4) is 0 Å². The summed E-state index contributed by atoms with van der Waals surface area (Å²) >= 11 is 0. The molecule has 25 heavy (non-hydrogen) atoms. The maximum Gasteiger partial charge on any atom is 0.179 e. The zero-order valence-corrected chi connectivity index (χ0v) is 15.0. The molecule has 0 spiro atoms. The molecule has 0 fully saturated rings. The first-order chi connectivity index (χ1) is 11.5. The number of benzene rings is 2. The molecule has 0 bridgehead atoms. The van der Waals surface area contributed by atoms with Crippen molar-refractivity contribution in [2.75, 3.05) is 12.9 Å². The summed E-state index contributed by atoms with van der Waals surface area (Å²) in [4.78, 5) is -0.00502. The van der Waals surface area contributed by atoms with Gasteiger partial charge in [0.25, 0.3) is 0 Å². The molecule has 7 heteroatoms. The smallest absolute Gasteiger partial charge is 0.179 e. The molecular formula is C18H20F2O4S. The third-order valence-corrected chi connectivity index (χ3v) is 4.70. The SMILES string of the molecule is CC(C)(O)CCOc1cc(-c2ccc(F)c(F)c2)ccc1S(C)(=O)=O. The number of ether oxygens (including phenoxy) is 1. The van der Waals surface area contributed by atoms with Crippen LogP contribution in [0, 0.1) is 11.6 Å². The Bertz CT molecular complexity index is 871. The van der Waals surface area contributed by atoms with E-state index in [1.807, 2.05) is 0 Å². The summed E-state index contributed by atoms with van der Waals surface area (Å²) in [7, 11) is -3.53. The van der Waals surface area contributed by atoms with Crippen molar-refractivity contribution in [3.63, 3.8) is 0 Å². The van der Waals surface area contributed by atoms with E-state index in [4.69, 9.17) is 4.74 Å². The van der Waals surface area contributed by atoms with Crippen LogP contribution in [0.1, 0.15) is 20.3 Å². The molecule has 0 heterocycles. The first-order valence-electron chi connectivity index (χ1n) is 7.62. The van der Waals surface area contributed by atoms with Crippen LogP contribution in [-0.4, -0.2) is 32.0 Å². The maximum absolute atomic E-state index is 13.4. The summed E-state index contributed by atoms with van der Waals surface area (Å²) in [5.74, 6) is -1.85. The summed E-state index contributed by atoms with van der Waals surface area (Å²) in [6.07, 6.45) is 1.36. The largest absolute Gasteiger partial charge is 0.492 e. The normalized spacial score (nSPS) is 12.2. The van der Waals surface area contributed by atoms with Gasteiger partial charge in [-0.15, -0.1) is 0 Å². The predicted octanol–water partition coefficient (Wildman–Crippen LogP) is 3.58. The highest BCUT2D eigenvalue weighted by atomic mass is 32.2. The van der Waals surface area contributed by atoms with Crippen molar-refractivity contribution in [2.45, 2.75) is 30.8 Å². The summed E-state index contributed by atoms with van der Waals surface area (Å²) in [5.41, 5.74) is -0.0704. The van der Waals surface area contributed by atoms with Crippen LogP contribution in [0.25, 0.3) is 11.1 Å². The van der Waals surface area contributed by atoms with Gasteiger partial charge in [-0.2, -0.15) is 0 Å². The molecule has 0 aliphatic carbocycles. The van der Waals surface area contributed by atoms with Gasteiger partial charge in [-0.05, 0) is 49.2 Å². The zero-order valence-electron chi connectivity index (χ0n) is 14.2. The molecule has 136 valence electrons. The number of sulfone groups is 1. The van der Waals surface area contributed by atoms with Crippen molar-refractivity contribution < 1.29 is 27.0 Å². The van der Waals surface area contributed by atoms with E-state index in [-0.39, 0.29) is 17.3 Å². The standard InChI is InChI=1S/C18H20F2O4S/c1-18(2,21)8-9-24-16-11-13(5-7-17(16)25(3,22)23)12-4-6-14(19)15(20)10-12/h4-7,10-11,21H,8-9H2,1-3H3. The molecule has 0 aromatic heterocycles. The summed E-state index contributed by atoms with van der Waals surface area (Å²) < 4.78 is 55.9. The fourth-order valence-electron chi connectivity index (χ4n) is 2.19. The molecule has 4 nitrogen and oxygen atoms in total. The van der Waals surface area contributed by atoms with Gasteiger partial charge < -0.3 is 9.84 Å². The second kappa shape index (κ2) is 7.09. The molecule has 0 unspecified atom stereocenters. The van der Waals surface area contributed by atoms with Crippen LogP contribution < -0.4 is 4.74 Å². The van der Waals surface area contributed by atoms with Gasteiger partial charge in [0.2, 0.25) is 0 Å². The lowest BCUT2D eigenvalue weighted by atomic mass is 10.0. The van der Waals surface area contributed by atoms with Crippen LogP contribution in [0.4, 0.5) is 8.78 Å². The van der Waals surface area contributed by atoms with Crippen molar-refractivity contribution >= 4 is 9.84 Å². The number of aliphatic hydroxyl groups is 1. The number of halogens is 2. The number of hydrogen-bond donors (Lipinski definition) is 1. The van der Waals surface area contributed by atoms with E-state index in [1.165, 1.54) is 24.3 Å². The van der Waals surface area contributed by atoms with Gasteiger partial charge in [0.15, 0.2) is 21.5 Å². The average Bonchev–Trinajstić information content (AvgIpc) is 2.47. The van der Waals surface area contributed by atoms with E-state index in [0.717, 1.165) is 18.4 Å². The predicted molar refractivity (Wildman–Crippen MR) is 91.3 cm³/mol. The molecule has 0 radical (unpaired) electrons. The summed E-state index contributed by atoms with van der Waals surface area (Å²) in [5, 5.41) is 9.74. The van der Waals surface area contributed by atoms with Crippen LogP contribution in [0.2, 0.25) is 0 Å². The fourth-order valence-corrected chi connectivity index (χ4v) is 2.99. The Labute approximate surface area is 146 Å². The third kappa shape index (κ3) is 5.24. The molecule has 2 aromatic carbocycles. The van der Waals surface area contributed by atoms with Crippen molar-refractivity contribution in [1.29, 1.82) is 0 Å². The van der Waals surface area contributed by atoms with Crippen molar-refractivity contribution in [3.8, 4) is 16.9 Å². The highest BCUT2D eigenvalue weighted by molar-refractivity contribution is 7.90. The Balaban J connectivity index is 2.41. The Hall–Kier alpha value is -1.99. The molecular weight excluding hydrogens is 350 g/mol. The van der Waals surface area contributed by atoms with E-state index >= 15 is 0 Å². The van der Waals surface area contributed by atoms with Crippen molar-refractivity contribution in [1.82, 2.24) is 0 Å². The van der Waals surface area contributed by atoms with Crippen LogP contribution in [0.5, 0.6) is 5.75 Å². The van der Waals surface area contributed by atoms with E-state index < -0.39 is 27.1 Å². The summed E-state index contributed by atoms with van der Waals surface area (Å²) in [6.45, 7) is 3.34.